The van der Waals surface area contributed by atoms with E-state index < -0.39 is 10.0 Å². The molecule has 0 aliphatic carbocycles. The van der Waals surface area contributed by atoms with Crippen LogP contribution in [-0.2, 0) is 10.0 Å². The fourth-order valence-electron chi connectivity index (χ4n) is 2.03. The Morgan fingerprint density at radius 2 is 1.70 bits per heavy atom. The van der Waals surface area contributed by atoms with Crippen molar-refractivity contribution in [3.63, 3.8) is 0 Å². The topological polar surface area (TPSA) is 69.7 Å². The van der Waals surface area contributed by atoms with Gasteiger partial charge in [-0.2, -0.15) is 0 Å². The molecule has 0 atom stereocenters. The molecular formula is C13H19N3O3S. The third kappa shape index (κ3) is 3.00. The van der Waals surface area contributed by atoms with Gasteiger partial charge in [-0.3, -0.25) is 4.79 Å². The van der Waals surface area contributed by atoms with Crippen molar-refractivity contribution in [1.82, 2.24) is 14.5 Å². The standard InChI is InChI=1S/C13H19N3O3S/c1-15(2)20(18,19)12-5-3-11(4-6-12)13(17)16-9-7-14-8-10-16/h3-6,14H,7-10H2,1-2H3. The van der Waals surface area contributed by atoms with Crippen molar-refractivity contribution in [2.24, 2.45) is 0 Å². The first-order valence-corrected chi connectivity index (χ1v) is 7.89. The molecule has 1 N–H and O–H groups in total. The molecule has 1 saturated heterocycles. The van der Waals surface area contributed by atoms with Gasteiger partial charge in [0.25, 0.3) is 5.91 Å². The number of hydrogen-bond acceptors (Lipinski definition) is 4. The van der Waals surface area contributed by atoms with Gasteiger partial charge in [-0.15, -0.1) is 0 Å². The highest BCUT2D eigenvalue weighted by molar-refractivity contribution is 7.89. The van der Waals surface area contributed by atoms with Crippen LogP contribution in [0.2, 0.25) is 0 Å². The van der Waals surface area contributed by atoms with Crippen LogP contribution in [0, 0.1) is 0 Å². The molecule has 0 saturated carbocycles. The van der Waals surface area contributed by atoms with Crippen molar-refractivity contribution in [3.05, 3.63) is 29.8 Å². The number of benzene rings is 1. The van der Waals surface area contributed by atoms with Gasteiger partial charge in [0.05, 0.1) is 4.90 Å². The maximum Gasteiger partial charge on any atom is 0.253 e. The average Bonchev–Trinajstić information content (AvgIpc) is 2.47. The highest BCUT2D eigenvalue weighted by Crippen LogP contribution is 2.15. The van der Waals surface area contributed by atoms with Crippen molar-refractivity contribution in [2.45, 2.75) is 4.90 Å². The summed E-state index contributed by atoms with van der Waals surface area (Å²) in [6.07, 6.45) is 0. The Bertz CT molecular complexity index is 575. The van der Waals surface area contributed by atoms with Gasteiger partial charge in [-0.05, 0) is 24.3 Å². The summed E-state index contributed by atoms with van der Waals surface area (Å²) in [4.78, 5) is 14.2. The third-order valence-corrected chi connectivity index (χ3v) is 5.11. The summed E-state index contributed by atoms with van der Waals surface area (Å²) in [6, 6.07) is 6.09. The molecule has 0 radical (unpaired) electrons. The van der Waals surface area contributed by atoms with Gasteiger partial charge in [0, 0.05) is 45.8 Å². The normalized spacial score (nSPS) is 16.4. The molecule has 0 aromatic heterocycles. The number of nitrogens with zero attached hydrogens (tertiary/aromatic N) is 2. The highest BCUT2D eigenvalue weighted by atomic mass is 32.2. The van der Waals surface area contributed by atoms with E-state index in [-0.39, 0.29) is 10.8 Å². The summed E-state index contributed by atoms with van der Waals surface area (Å²) >= 11 is 0. The molecule has 6 nitrogen and oxygen atoms in total. The van der Waals surface area contributed by atoms with Gasteiger partial charge >= 0.3 is 0 Å². The minimum absolute atomic E-state index is 0.0553. The Kier molecular flexibility index (Phi) is 4.42. The first kappa shape index (κ1) is 15.0. The number of rotatable bonds is 3. The Labute approximate surface area is 119 Å². The molecule has 0 spiro atoms. The van der Waals surface area contributed by atoms with Crippen LogP contribution in [0.4, 0.5) is 0 Å². The quantitative estimate of drug-likeness (QED) is 0.851. The van der Waals surface area contributed by atoms with Gasteiger partial charge in [-0.1, -0.05) is 0 Å². The van der Waals surface area contributed by atoms with Gasteiger partial charge in [0.2, 0.25) is 10.0 Å². The second-order valence-electron chi connectivity index (χ2n) is 4.85. The lowest BCUT2D eigenvalue weighted by Gasteiger charge is -2.27. The smallest absolute Gasteiger partial charge is 0.253 e. The monoisotopic (exact) mass is 297 g/mol. The van der Waals surface area contributed by atoms with Gasteiger partial charge in [0.15, 0.2) is 0 Å². The molecular weight excluding hydrogens is 278 g/mol. The fraction of sp³-hybridized carbons (Fsp3) is 0.462. The zero-order valence-electron chi connectivity index (χ0n) is 11.7. The maximum atomic E-state index is 12.2. The molecule has 1 aromatic rings. The summed E-state index contributed by atoms with van der Waals surface area (Å²) in [7, 11) is -0.483. The summed E-state index contributed by atoms with van der Waals surface area (Å²) in [5.41, 5.74) is 0.518. The molecule has 20 heavy (non-hydrogen) atoms. The largest absolute Gasteiger partial charge is 0.336 e. The zero-order valence-corrected chi connectivity index (χ0v) is 12.5. The van der Waals surface area contributed by atoms with Crippen LogP contribution >= 0.6 is 0 Å². The van der Waals surface area contributed by atoms with Crippen LogP contribution in [0.15, 0.2) is 29.2 Å². The van der Waals surface area contributed by atoms with Crippen molar-refractivity contribution < 1.29 is 13.2 Å². The molecule has 1 aliphatic rings. The Morgan fingerprint density at radius 3 is 2.20 bits per heavy atom. The van der Waals surface area contributed by atoms with Crippen molar-refractivity contribution in [2.75, 3.05) is 40.3 Å². The second-order valence-corrected chi connectivity index (χ2v) is 7.01. The van der Waals surface area contributed by atoms with Crippen LogP contribution in [0.1, 0.15) is 10.4 Å². The van der Waals surface area contributed by atoms with Crippen LogP contribution in [0.25, 0.3) is 0 Å². The zero-order chi connectivity index (χ0) is 14.8. The number of nitrogens with one attached hydrogen (secondary N) is 1. The molecule has 1 fully saturated rings. The van der Waals surface area contributed by atoms with Gasteiger partial charge in [0.1, 0.15) is 0 Å². The van der Waals surface area contributed by atoms with Crippen molar-refractivity contribution in [1.29, 1.82) is 0 Å². The first-order chi connectivity index (χ1) is 9.43. The Balaban J connectivity index is 2.18. The maximum absolute atomic E-state index is 12.2. The molecule has 0 bridgehead atoms. The first-order valence-electron chi connectivity index (χ1n) is 6.45. The van der Waals surface area contributed by atoms with E-state index in [1.165, 1.54) is 26.2 Å². The molecule has 1 aromatic carbocycles. The van der Waals surface area contributed by atoms with E-state index in [2.05, 4.69) is 5.32 Å². The predicted octanol–water partition coefficient (Wildman–Crippen LogP) is -0.0177. The summed E-state index contributed by atoms with van der Waals surface area (Å²) in [5, 5.41) is 3.18. The van der Waals surface area contributed by atoms with E-state index in [4.69, 9.17) is 0 Å². The SMILES string of the molecule is CN(C)S(=O)(=O)c1ccc(C(=O)N2CCNCC2)cc1. The number of carbonyl (C=O) groups is 1. The molecule has 110 valence electrons. The Morgan fingerprint density at radius 1 is 1.15 bits per heavy atom. The fourth-order valence-corrected chi connectivity index (χ4v) is 2.93. The van der Waals surface area contributed by atoms with E-state index >= 15 is 0 Å². The highest BCUT2D eigenvalue weighted by Gasteiger charge is 2.20. The molecule has 7 heteroatoms. The summed E-state index contributed by atoms with van der Waals surface area (Å²) < 4.78 is 25.0. The molecule has 0 unspecified atom stereocenters. The number of sulfonamides is 1. The van der Waals surface area contributed by atoms with Crippen LogP contribution in [0.5, 0.6) is 0 Å². The number of piperazine rings is 1. The minimum atomic E-state index is -3.45. The summed E-state index contributed by atoms with van der Waals surface area (Å²) in [6.45, 7) is 2.94. The van der Waals surface area contributed by atoms with Crippen LogP contribution in [0.3, 0.4) is 0 Å². The lowest BCUT2D eigenvalue weighted by atomic mass is 10.2. The van der Waals surface area contributed by atoms with E-state index in [1.54, 1.807) is 17.0 Å². The second kappa shape index (κ2) is 5.90. The number of carbonyl (C=O) groups excluding carboxylic acids is 1. The van der Waals surface area contributed by atoms with Gasteiger partial charge < -0.3 is 10.2 Å². The molecule has 2 rings (SSSR count). The predicted molar refractivity (Wildman–Crippen MR) is 76.1 cm³/mol. The molecule has 1 heterocycles. The minimum Gasteiger partial charge on any atom is -0.336 e. The number of amides is 1. The molecule has 1 amide bonds. The van der Waals surface area contributed by atoms with E-state index in [0.717, 1.165) is 17.4 Å². The van der Waals surface area contributed by atoms with Crippen molar-refractivity contribution in [3.8, 4) is 0 Å². The lowest BCUT2D eigenvalue weighted by Crippen LogP contribution is -2.46. The Hall–Kier alpha value is -1.44. The van der Waals surface area contributed by atoms with Gasteiger partial charge in [-0.25, -0.2) is 12.7 Å². The van der Waals surface area contributed by atoms with E-state index in [9.17, 15) is 13.2 Å². The number of hydrogen-bond donors (Lipinski definition) is 1. The van der Waals surface area contributed by atoms with E-state index in [1.807, 2.05) is 0 Å². The summed E-state index contributed by atoms with van der Waals surface area (Å²) in [5.74, 6) is -0.0553. The van der Waals surface area contributed by atoms with Crippen molar-refractivity contribution >= 4 is 15.9 Å². The van der Waals surface area contributed by atoms with Crippen LogP contribution in [-0.4, -0.2) is 63.8 Å². The third-order valence-electron chi connectivity index (χ3n) is 3.28. The lowest BCUT2D eigenvalue weighted by molar-refractivity contribution is 0.0735. The van der Waals surface area contributed by atoms with Crippen LogP contribution < -0.4 is 5.32 Å². The molecule has 1 aliphatic heterocycles. The average molecular weight is 297 g/mol. The van der Waals surface area contributed by atoms with E-state index in [0.29, 0.717) is 18.7 Å².